The first kappa shape index (κ1) is 23.3. The zero-order chi connectivity index (χ0) is 20.6. The lowest BCUT2D eigenvalue weighted by molar-refractivity contribution is 0.572. The molecule has 0 heterocycles. The van der Waals surface area contributed by atoms with Gasteiger partial charge in [-0.1, -0.05) is 60.5 Å². The summed E-state index contributed by atoms with van der Waals surface area (Å²) in [6.07, 6.45) is 4.38. The van der Waals surface area contributed by atoms with Crippen LogP contribution in [0.3, 0.4) is 0 Å². The van der Waals surface area contributed by atoms with Gasteiger partial charge in [0.05, 0.1) is 6.34 Å². The SMILES string of the molecule is Cc1ccc(CNCCCCCNCc2ccc(C(=N)N)cc2)cc1.N=CN. The first-order chi connectivity index (χ1) is 13.6. The van der Waals surface area contributed by atoms with Crippen LogP contribution in [-0.4, -0.2) is 25.3 Å². The molecule has 0 aromatic heterocycles. The largest absolute Gasteiger partial charge is 0.390 e. The Kier molecular flexibility index (Phi) is 12.0. The minimum Gasteiger partial charge on any atom is -0.390 e. The number of rotatable bonds is 11. The predicted molar refractivity (Wildman–Crippen MR) is 119 cm³/mol. The van der Waals surface area contributed by atoms with E-state index in [1.165, 1.54) is 36.0 Å². The fraction of sp³-hybridized carbons (Fsp3) is 0.364. The molecule has 0 aliphatic carbocycles. The molecule has 8 N–H and O–H groups in total. The van der Waals surface area contributed by atoms with Gasteiger partial charge in [0.1, 0.15) is 5.84 Å². The number of nitrogens with two attached hydrogens (primary N) is 2. The van der Waals surface area contributed by atoms with E-state index in [4.69, 9.17) is 16.6 Å². The maximum absolute atomic E-state index is 7.38. The van der Waals surface area contributed by atoms with Gasteiger partial charge in [0.15, 0.2) is 0 Å². The van der Waals surface area contributed by atoms with Gasteiger partial charge in [-0.3, -0.25) is 10.8 Å². The predicted octanol–water partition coefficient (Wildman–Crippen LogP) is 2.88. The summed E-state index contributed by atoms with van der Waals surface area (Å²) >= 11 is 0. The quantitative estimate of drug-likeness (QED) is 0.203. The van der Waals surface area contributed by atoms with E-state index in [0.717, 1.165) is 38.1 Å². The van der Waals surface area contributed by atoms with Gasteiger partial charge in [0.2, 0.25) is 0 Å². The molecule has 0 unspecified atom stereocenters. The van der Waals surface area contributed by atoms with E-state index in [1.807, 2.05) is 24.3 Å². The summed E-state index contributed by atoms with van der Waals surface area (Å²) in [5.74, 6) is 0.121. The molecule has 28 heavy (non-hydrogen) atoms. The van der Waals surface area contributed by atoms with Gasteiger partial charge in [-0.15, -0.1) is 0 Å². The summed E-state index contributed by atoms with van der Waals surface area (Å²) in [6, 6.07) is 16.6. The van der Waals surface area contributed by atoms with Crippen molar-refractivity contribution >= 4 is 12.2 Å². The molecule has 0 amide bonds. The molecule has 0 spiro atoms. The van der Waals surface area contributed by atoms with Crippen molar-refractivity contribution < 1.29 is 0 Å². The average molecular weight is 383 g/mol. The molecule has 0 atom stereocenters. The van der Waals surface area contributed by atoms with Gasteiger partial charge in [-0.25, -0.2) is 0 Å². The molecule has 2 aromatic carbocycles. The molecule has 0 radical (unpaired) electrons. The summed E-state index contributed by atoms with van der Waals surface area (Å²) < 4.78 is 0. The second-order valence-electron chi connectivity index (χ2n) is 6.68. The first-order valence-corrected chi connectivity index (χ1v) is 9.67. The molecule has 2 rings (SSSR count). The van der Waals surface area contributed by atoms with Crippen LogP contribution in [0.15, 0.2) is 48.5 Å². The van der Waals surface area contributed by atoms with Gasteiger partial charge in [0.25, 0.3) is 0 Å². The Hall–Kier alpha value is -2.70. The van der Waals surface area contributed by atoms with Crippen LogP contribution in [0, 0.1) is 17.7 Å². The average Bonchev–Trinajstić information content (AvgIpc) is 2.69. The number of hydrogen-bond acceptors (Lipinski definition) is 4. The Labute approximate surface area is 168 Å². The van der Waals surface area contributed by atoms with E-state index < -0.39 is 0 Å². The Morgan fingerprint density at radius 3 is 1.71 bits per heavy atom. The first-order valence-electron chi connectivity index (χ1n) is 9.67. The molecule has 6 nitrogen and oxygen atoms in total. The highest BCUT2D eigenvalue weighted by Crippen LogP contribution is 2.04. The van der Waals surface area contributed by atoms with Crippen molar-refractivity contribution in [2.45, 2.75) is 39.3 Å². The highest BCUT2D eigenvalue weighted by atomic mass is 14.9. The molecular weight excluding hydrogens is 348 g/mol. The molecule has 152 valence electrons. The topological polar surface area (TPSA) is 124 Å². The lowest BCUT2D eigenvalue weighted by Gasteiger charge is -2.07. The van der Waals surface area contributed by atoms with Crippen LogP contribution in [0.25, 0.3) is 0 Å². The maximum atomic E-state index is 7.38. The lowest BCUT2D eigenvalue weighted by atomic mass is 10.1. The van der Waals surface area contributed by atoms with Crippen molar-refractivity contribution in [2.24, 2.45) is 11.5 Å². The zero-order valence-corrected chi connectivity index (χ0v) is 16.8. The highest BCUT2D eigenvalue weighted by Gasteiger charge is 1.97. The van der Waals surface area contributed by atoms with Crippen molar-refractivity contribution in [3.05, 3.63) is 70.8 Å². The smallest absolute Gasteiger partial charge is 0.122 e. The van der Waals surface area contributed by atoms with Crippen LogP contribution in [0.1, 0.15) is 41.5 Å². The molecular formula is C22H34N6. The normalized spacial score (nSPS) is 10.0. The van der Waals surface area contributed by atoms with Crippen LogP contribution in [0.4, 0.5) is 0 Å². The molecule has 0 fully saturated rings. The number of hydrogen-bond donors (Lipinski definition) is 6. The number of amidine groups is 1. The van der Waals surface area contributed by atoms with Crippen LogP contribution >= 0.6 is 0 Å². The molecule has 0 saturated carbocycles. The van der Waals surface area contributed by atoms with Crippen LogP contribution in [-0.2, 0) is 13.1 Å². The molecule has 6 heteroatoms. The lowest BCUT2D eigenvalue weighted by Crippen LogP contribution is -2.17. The second kappa shape index (κ2) is 14.4. The van der Waals surface area contributed by atoms with Crippen molar-refractivity contribution in [1.29, 1.82) is 10.8 Å². The Balaban J connectivity index is 0.00000122. The van der Waals surface area contributed by atoms with E-state index >= 15 is 0 Å². The Morgan fingerprint density at radius 2 is 1.29 bits per heavy atom. The summed E-state index contributed by atoms with van der Waals surface area (Å²) in [6.45, 7) is 6.04. The third kappa shape index (κ3) is 10.4. The standard InChI is InChI=1S/C21H30N4.CH4N2/c1-17-5-7-18(8-6-17)15-24-13-3-2-4-14-25-16-19-9-11-20(12-10-19)21(22)23;2-1-3/h5-12,24-25H,2-4,13-16H2,1H3,(H3,22,23);1H,(H3,2,3). The zero-order valence-electron chi connectivity index (χ0n) is 16.8. The number of unbranched alkanes of at least 4 members (excludes halogenated alkanes) is 2. The monoisotopic (exact) mass is 382 g/mol. The second-order valence-corrected chi connectivity index (χ2v) is 6.68. The van der Waals surface area contributed by atoms with Crippen LogP contribution in [0.5, 0.6) is 0 Å². The number of nitrogen functional groups attached to an aromatic ring is 1. The molecule has 0 aliphatic heterocycles. The number of nitrogens with one attached hydrogen (secondary N) is 4. The third-order valence-electron chi connectivity index (χ3n) is 4.25. The third-order valence-corrected chi connectivity index (χ3v) is 4.25. The summed E-state index contributed by atoms with van der Waals surface area (Å²) in [7, 11) is 0. The fourth-order valence-electron chi connectivity index (χ4n) is 2.65. The number of benzene rings is 2. The Bertz CT molecular complexity index is 679. The van der Waals surface area contributed by atoms with Crippen LogP contribution in [0.2, 0.25) is 0 Å². The molecule has 0 bridgehead atoms. The molecule has 0 saturated heterocycles. The number of aryl methyl sites for hydroxylation is 1. The fourth-order valence-corrected chi connectivity index (χ4v) is 2.65. The van der Waals surface area contributed by atoms with Gasteiger partial charge < -0.3 is 22.1 Å². The molecule has 2 aromatic rings. The van der Waals surface area contributed by atoms with E-state index in [1.54, 1.807) is 0 Å². The van der Waals surface area contributed by atoms with E-state index in [0.29, 0.717) is 0 Å². The maximum Gasteiger partial charge on any atom is 0.122 e. The van der Waals surface area contributed by atoms with Crippen molar-refractivity contribution in [3.8, 4) is 0 Å². The van der Waals surface area contributed by atoms with E-state index in [-0.39, 0.29) is 5.84 Å². The minimum absolute atomic E-state index is 0.121. The van der Waals surface area contributed by atoms with Crippen molar-refractivity contribution in [1.82, 2.24) is 10.6 Å². The van der Waals surface area contributed by atoms with Crippen molar-refractivity contribution in [2.75, 3.05) is 13.1 Å². The van der Waals surface area contributed by atoms with E-state index in [9.17, 15) is 0 Å². The Morgan fingerprint density at radius 1 is 0.857 bits per heavy atom. The van der Waals surface area contributed by atoms with E-state index in [2.05, 4.69) is 47.6 Å². The summed E-state index contributed by atoms with van der Waals surface area (Å²) in [4.78, 5) is 0. The van der Waals surface area contributed by atoms with Gasteiger partial charge in [-0.2, -0.15) is 0 Å². The van der Waals surface area contributed by atoms with Gasteiger partial charge in [-0.05, 0) is 44.0 Å². The van der Waals surface area contributed by atoms with Crippen LogP contribution < -0.4 is 22.1 Å². The van der Waals surface area contributed by atoms with Crippen molar-refractivity contribution in [3.63, 3.8) is 0 Å². The van der Waals surface area contributed by atoms with Gasteiger partial charge in [0, 0.05) is 18.7 Å². The summed E-state index contributed by atoms with van der Waals surface area (Å²) in [5.41, 5.74) is 14.5. The highest BCUT2D eigenvalue weighted by molar-refractivity contribution is 5.94. The van der Waals surface area contributed by atoms with Gasteiger partial charge >= 0.3 is 0 Å². The molecule has 0 aliphatic rings. The summed E-state index contributed by atoms with van der Waals surface area (Å²) in [5, 5.41) is 20.2. The minimum atomic E-state index is 0.121.